The highest BCUT2D eigenvalue weighted by molar-refractivity contribution is 5.79. The number of H-pyrrole nitrogens is 1. The van der Waals surface area contributed by atoms with Crippen LogP contribution in [-0.4, -0.2) is 23.1 Å². The van der Waals surface area contributed by atoms with Crippen molar-refractivity contribution in [3.63, 3.8) is 0 Å². The fourth-order valence-corrected chi connectivity index (χ4v) is 2.19. The summed E-state index contributed by atoms with van der Waals surface area (Å²) in [5.41, 5.74) is -0.130. The topological polar surface area (TPSA) is 49.0 Å². The average Bonchev–Trinajstić information content (AvgIpc) is 2.84. The van der Waals surface area contributed by atoms with Gasteiger partial charge >= 0.3 is 0 Å². The Bertz CT molecular complexity index is 617. The van der Waals surface area contributed by atoms with E-state index in [1.54, 1.807) is 6.07 Å². The van der Waals surface area contributed by atoms with E-state index < -0.39 is 5.82 Å². The minimum absolute atomic E-state index is 0.151. The molecule has 0 unspecified atom stereocenters. The van der Waals surface area contributed by atoms with Crippen molar-refractivity contribution in [3.8, 4) is 0 Å². The van der Waals surface area contributed by atoms with Crippen molar-refractivity contribution in [3.05, 3.63) is 34.4 Å². The van der Waals surface area contributed by atoms with E-state index in [-0.39, 0.29) is 11.1 Å². The molecule has 0 spiro atoms. The second kappa shape index (κ2) is 3.84. The molecule has 2 aromatic rings. The fraction of sp³-hybridized carbons (Fsp3) is 0.333. The first-order valence-corrected chi connectivity index (χ1v) is 5.69. The van der Waals surface area contributed by atoms with Crippen LogP contribution in [0.1, 0.15) is 12.8 Å². The van der Waals surface area contributed by atoms with E-state index in [4.69, 9.17) is 0 Å². The number of aromatic nitrogens is 2. The lowest BCUT2D eigenvalue weighted by Crippen LogP contribution is -2.24. The van der Waals surface area contributed by atoms with Gasteiger partial charge in [0.25, 0.3) is 5.56 Å². The average molecular weight is 233 g/mol. The third-order valence-electron chi connectivity index (χ3n) is 3.08. The Morgan fingerprint density at radius 2 is 2.06 bits per heavy atom. The smallest absolute Gasteiger partial charge is 0.260 e. The Kier molecular flexibility index (Phi) is 2.31. The molecule has 2 heterocycles. The van der Waals surface area contributed by atoms with Crippen molar-refractivity contribution in [2.75, 3.05) is 18.0 Å². The first-order chi connectivity index (χ1) is 8.25. The Balaban J connectivity index is 2.22. The summed E-state index contributed by atoms with van der Waals surface area (Å²) in [7, 11) is 0. The lowest BCUT2D eigenvalue weighted by molar-refractivity contribution is 0.636. The van der Waals surface area contributed by atoms with Gasteiger partial charge in [-0.05, 0) is 25.0 Å². The van der Waals surface area contributed by atoms with Gasteiger partial charge in [0.05, 0.1) is 5.39 Å². The quantitative estimate of drug-likeness (QED) is 0.815. The molecule has 0 atom stereocenters. The number of aromatic amines is 1. The van der Waals surface area contributed by atoms with E-state index >= 15 is 0 Å². The predicted octanol–water partition coefficient (Wildman–Crippen LogP) is 1.66. The molecule has 1 saturated heterocycles. The number of halogens is 1. The molecule has 5 heteroatoms. The lowest BCUT2D eigenvalue weighted by Gasteiger charge is -2.15. The number of hydrogen-bond acceptors (Lipinski definition) is 3. The summed E-state index contributed by atoms with van der Waals surface area (Å²) in [6.07, 6.45) is 2.16. The second-order valence-corrected chi connectivity index (χ2v) is 4.22. The Labute approximate surface area is 97.1 Å². The van der Waals surface area contributed by atoms with Crippen LogP contribution in [0.5, 0.6) is 0 Å². The fourth-order valence-electron chi connectivity index (χ4n) is 2.19. The molecule has 88 valence electrons. The van der Waals surface area contributed by atoms with Crippen molar-refractivity contribution in [1.29, 1.82) is 0 Å². The maximum atomic E-state index is 13.6. The van der Waals surface area contributed by atoms with Crippen LogP contribution in [0.4, 0.5) is 10.3 Å². The number of rotatable bonds is 1. The lowest BCUT2D eigenvalue weighted by atomic mass is 10.2. The molecule has 1 aromatic heterocycles. The molecule has 17 heavy (non-hydrogen) atoms. The van der Waals surface area contributed by atoms with Gasteiger partial charge in [-0.15, -0.1) is 0 Å². The molecule has 0 saturated carbocycles. The van der Waals surface area contributed by atoms with Gasteiger partial charge in [0, 0.05) is 13.1 Å². The third-order valence-corrected chi connectivity index (χ3v) is 3.08. The molecule has 0 bridgehead atoms. The maximum Gasteiger partial charge on any atom is 0.260 e. The first kappa shape index (κ1) is 10.3. The molecule has 1 N–H and O–H groups in total. The van der Waals surface area contributed by atoms with Gasteiger partial charge in [-0.2, -0.15) is 0 Å². The van der Waals surface area contributed by atoms with Gasteiger partial charge in [0.2, 0.25) is 5.95 Å². The van der Waals surface area contributed by atoms with Gasteiger partial charge < -0.3 is 4.90 Å². The summed E-state index contributed by atoms with van der Waals surface area (Å²) in [5.74, 6) is 0.0270. The molecule has 0 radical (unpaired) electrons. The molecule has 1 fully saturated rings. The summed E-state index contributed by atoms with van der Waals surface area (Å²) < 4.78 is 13.6. The predicted molar refractivity (Wildman–Crippen MR) is 63.8 cm³/mol. The van der Waals surface area contributed by atoms with Crippen LogP contribution in [0, 0.1) is 5.82 Å². The number of nitrogens with zero attached hydrogens (tertiary/aromatic N) is 2. The zero-order valence-corrected chi connectivity index (χ0v) is 9.24. The van der Waals surface area contributed by atoms with E-state index in [2.05, 4.69) is 9.97 Å². The highest BCUT2D eigenvalue weighted by Crippen LogP contribution is 2.18. The van der Waals surface area contributed by atoms with Crippen LogP contribution in [0.25, 0.3) is 10.9 Å². The number of fused-ring (bicyclic) bond motifs is 1. The third kappa shape index (κ3) is 1.67. The van der Waals surface area contributed by atoms with Crippen molar-refractivity contribution >= 4 is 16.9 Å². The van der Waals surface area contributed by atoms with E-state index in [0.29, 0.717) is 11.3 Å². The Morgan fingerprint density at radius 3 is 2.82 bits per heavy atom. The number of nitrogens with one attached hydrogen (secondary N) is 1. The van der Waals surface area contributed by atoms with E-state index in [1.165, 1.54) is 12.1 Å². The maximum absolute atomic E-state index is 13.6. The zero-order valence-electron chi connectivity index (χ0n) is 9.24. The number of para-hydroxylation sites is 1. The molecule has 0 aliphatic carbocycles. The summed E-state index contributed by atoms with van der Waals surface area (Å²) in [5, 5.41) is 0.299. The van der Waals surface area contributed by atoms with Crippen LogP contribution in [0.15, 0.2) is 23.0 Å². The van der Waals surface area contributed by atoms with Crippen LogP contribution in [-0.2, 0) is 0 Å². The Morgan fingerprint density at radius 1 is 1.29 bits per heavy atom. The zero-order chi connectivity index (χ0) is 11.8. The first-order valence-electron chi connectivity index (χ1n) is 5.69. The normalized spacial score (nSPS) is 15.7. The van der Waals surface area contributed by atoms with Crippen LogP contribution in [0.3, 0.4) is 0 Å². The van der Waals surface area contributed by atoms with Crippen LogP contribution in [0.2, 0.25) is 0 Å². The number of benzene rings is 1. The van der Waals surface area contributed by atoms with Crippen molar-refractivity contribution in [2.24, 2.45) is 0 Å². The molecular weight excluding hydrogens is 221 g/mol. The Hall–Kier alpha value is -1.91. The van der Waals surface area contributed by atoms with Gasteiger partial charge in [-0.25, -0.2) is 9.37 Å². The van der Waals surface area contributed by atoms with Crippen molar-refractivity contribution in [2.45, 2.75) is 12.8 Å². The van der Waals surface area contributed by atoms with E-state index in [9.17, 15) is 9.18 Å². The van der Waals surface area contributed by atoms with Crippen LogP contribution < -0.4 is 10.5 Å². The molecule has 1 aliphatic heterocycles. The van der Waals surface area contributed by atoms with Gasteiger partial charge in [0.1, 0.15) is 11.3 Å². The highest BCUT2D eigenvalue weighted by Gasteiger charge is 2.16. The van der Waals surface area contributed by atoms with Gasteiger partial charge in [-0.1, -0.05) is 6.07 Å². The molecule has 3 rings (SSSR count). The van der Waals surface area contributed by atoms with Crippen LogP contribution >= 0.6 is 0 Å². The largest absolute Gasteiger partial charge is 0.342 e. The van der Waals surface area contributed by atoms with Gasteiger partial charge in [0.15, 0.2) is 0 Å². The molecule has 1 aliphatic rings. The van der Waals surface area contributed by atoms with Crippen molar-refractivity contribution in [1.82, 2.24) is 9.97 Å². The van der Waals surface area contributed by atoms with Crippen molar-refractivity contribution < 1.29 is 4.39 Å². The molecule has 4 nitrogen and oxygen atoms in total. The number of anilines is 1. The van der Waals surface area contributed by atoms with E-state index in [1.807, 2.05) is 4.90 Å². The van der Waals surface area contributed by atoms with Gasteiger partial charge in [-0.3, -0.25) is 9.78 Å². The molecule has 1 aromatic carbocycles. The summed E-state index contributed by atoms with van der Waals surface area (Å²) >= 11 is 0. The monoisotopic (exact) mass is 233 g/mol. The molecule has 0 amide bonds. The summed E-state index contributed by atoms with van der Waals surface area (Å²) in [6, 6.07) is 4.42. The minimum Gasteiger partial charge on any atom is -0.342 e. The van der Waals surface area contributed by atoms with E-state index in [0.717, 1.165) is 25.9 Å². The molecular formula is C12H12FN3O. The summed E-state index contributed by atoms with van der Waals surface area (Å²) in [4.78, 5) is 20.7. The second-order valence-electron chi connectivity index (χ2n) is 4.22. The standard InChI is InChI=1S/C12H12FN3O/c13-9-5-3-4-8-10(9)14-12(15-11(8)17)16-6-1-2-7-16/h3-5H,1-2,6-7H2,(H,14,15,17). The number of hydrogen-bond donors (Lipinski definition) is 1. The SMILES string of the molecule is O=c1[nH]c(N2CCCC2)nc2c(F)cccc12. The summed E-state index contributed by atoms with van der Waals surface area (Å²) in [6.45, 7) is 1.73. The highest BCUT2D eigenvalue weighted by atomic mass is 19.1. The minimum atomic E-state index is -0.450.